The van der Waals surface area contributed by atoms with Crippen molar-refractivity contribution in [2.24, 2.45) is 0 Å². The Balaban J connectivity index is 1.54. The van der Waals surface area contributed by atoms with Crippen LogP contribution in [0.5, 0.6) is 0 Å². The predicted octanol–water partition coefficient (Wildman–Crippen LogP) is 0.650. The van der Waals surface area contributed by atoms with Crippen molar-refractivity contribution in [3.05, 3.63) is 0 Å². The highest BCUT2D eigenvalue weighted by Gasteiger charge is 2.19. The minimum atomic E-state index is 0.715. The van der Waals surface area contributed by atoms with E-state index in [0.717, 1.165) is 0 Å². The lowest BCUT2D eigenvalue weighted by molar-refractivity contribution is 0.0999. The van der Waals surface area contributed by atoms with Crippen molar-refractivity contribution >= 4 is 0 Å². The van der Waals surface area contributed by atoms with Gasteiger partial charge in [0.25, 0.3) is 0 Å². The van der Waals surface area contributed by atoms with E-state index in [1.54, 1.807) is 0 Å². The maximum atomic E-state index is 2.65. The van der Waals surface area contributed by atoms with Gasteiger partial charge in [-0.15, -0.1) is 0 Å². The Labute approximate surface area is 119 Å². The molecule has 19 heavy (non-hydrogen) atoms. The number of hydrogen-bond acceptors (Lipinski definition) is 4. The first-order valence-corrected chi connectivity index (χ1v) is 8.02. The highest BCUT2D eigenvalue weighted by Crippen LogP contribution is 2.07. The molecule has 0 amide bonds. The van der Waals surface area contributed by atoms with Crippen LogP contribution in [0.3, 0.4) is 0 Å². The minimum Gasteiger partial charge on any atom is -0.304 e. The monoisotopic (exact) mass is 268 g/mol. The van der Waals surface area contributed by atoms with E-state index in [2.05, 4.69) is 40.5 Å². The molecule has 0 aromatic carbocycles. The molecule has 2 fully saturated rings. The quantitative estimate of drug-likeness (QED) is 0.726. The lowest BCUT2D eigenvalue weighted by Gasteiger charge is -2.37. The van der Waals surface area contributed by atoms with E-state index in [-0.39, 0.29) is 0 Å². The smallest absolute Gasteiger partial charge is 0.0113 e. The van der Waals surface area contributed by atoms with Crippen LogP contribution >= 0.6 is 0 Å². The van der Waals surface area contributed by atoms with Crippen molar-refractivity contribution in [3.8, 4) is 0 Å². The van der Waals surface area contributed by atoms with Crippen LogP contribution < -0.4 is 0 Å². The third-order valence-corrected chi connectivity index (χ3v) is 4.68. The zero-order valence-electron chi connectivity index (χ0n) is 13.1. The van der Waals surface area contributed by atoms with Crippen molar-refractivity contribution in [3.63, 3.8) is 0 Å². The maximum absolute atomic E-state index is 2.65. The molecule has 112 valence electrons. The number of hydrogen-bond donors (Lipinski definition) is 0. The molecule has 4 nitrogen and oxygen atoms in total. The molecular formula is C15H32N4. The molecule has 0 bridgehead atoms. The van der Waals surface area contributed by atoms with Crippen molar-refractivity contribution in [2.45, 2.75) is 26.3 Å². The van der Waals surface area contributed by atoms with Crippen LogP contribution in [-0.2, 0) is 0 Å². The van der Waals surface area contributed by atoms with Crippen LogP contribution in [0.2, 0.25) is 0 Å². The fraction of sp³-hybridized carbons (Fsp3) is 1.00. The van der Waals surface area contributed by atoms with E-state index in [4.69, 9.17) is 0 Å². The van der Waals surface area contributed by atoms with E-state index in [1.165, 1.54) is 71.9 Å². The summed E-state index contributed by atoms with van der Waals surface area (Å²) in [4.78, 5) is 10.3. The van der Waals surface area contributed by atoms with Gasteiger partial charge in [0.05, 0.1) is 0 Å². The van der Waals surface area contributed by atoms with Crippen LogP contribution in [0.4, 0.5) is 0 Å². The van der Waals surface area contributed by atoms with Gasteiger partial charge in [-0.25, -0.2) is 0 Å². The first-order valence-electron chi connectivity index (χ1n) is 8.02. The molecule has 0 N–H and O–H groups in total. The van der Waals surface area contributed by atoms with Gasteiger partial charge in [0.15, 0.2) is 0 Å². The average molecular weight is 268 g/mol. The van der Waals surface area contributed by atoms with E-state index in [9.17, 15) is 0 Å². The molecule has 0 aromatic heterocycles. The summed E-state index contributed by atoms with van der Waals surface area (Å²) in [6.07, 6.45) is 1.34. The van der Waals surface area contributed by atoms with Gasteiger partial charge in [-0.3, -0.25) is 4.90 Å². The number of likely N-dealkylation sites (N-methyl/N-ethyl adjacent to an activating group) is 1. The van der Waals surface area contributed by atoms with Gasteiger partial charge in [0, 0.05) is 58.4 Å². The first kappa shape index (κ1) is 15.2. The fourth-order valence-corrected chi connectivity index (χ4v) is 3.09. The molecule has 0 unspecified atom stereocenters. The average Bonchev–Trinajstić information content (AvgIpc) is 2.41. The lowest BCUT2D eigenvalue weighted by atomic mass is 10.2. The van der Waals surface area contributed by atoms with Gasteiger partial charge in [-0.2, -0.15) is 0 Å². The second kappa shape index (κ2) is 7.58. The molecule has 2 heterocycles. The molecule has 0 aromatic rings. The Morgan fingerprint density at radius 3 is 1.68 bits per heavy atom. The standard InChI is InChI=1S/C15H32N4/c1-15(2)19-13-11-18(12-14-19)6-4-5-17-9-7-16(3)8-10-17/h15H,4-14H2,1-3H3. The molecule has 0 aliphatic carbocycles. The highest BCUT2D eigenvalue weighted by molar-refractivity contribution is 4.75. The molecule has 2 aliphatic heterocycles. The fourth-order valence-electron chi connectivity index (χ4n) is 3.09. The number of piperazine rings is 2. The summed E-state index contributed by atoms with van der Waals surface area (Å²) in [7, 11) is 2.23. The number of rotatable bonds is 5. The van der Waals surface area contributed by atoms with Gasteiger partial charge >= 0.3 is 0 Å². The molecule has 0 atom stereocenters. The van der Waals surface area contributed by atoms with Gasteiger partial charge < -0.3 is 14.7 Å². The van der Waals surface area contributed by atoms with Crippen molar-refractivity contribution < 1.29 is 0 Å². The topological polar surface area (TPSA) is 13.0 Å². The summed E-state index contributed by atoms with van der Waals surface area (Å²) in [5, 5.41) is 0. The summed E-state index contributed by atoms with van der Waals surface area (Å²) < 4.78 is 0. The molecule has 2 saturated heterocycles. The largest absolute Gasteiger partial charge is 0.304 e. The van der Waals surface area contributed by atoms with Crippen molar-refractivity contribution in [1.29, 1.82) is 0 Å². The van der Waals surface area contributed by atoms with Crippen LogP contribution in [0.25, 0.3) is 0 Å². The van der Waals surface area contributed by atoms with Crippen LogP contribution in [0.1, 0.15) is 20.3 Å². The van der Waals surface area contributed by atoms with Crippen molar-refractivity contribution in [1.82, 2.24) is 19.6 Å². The summed E-state index contributed by atoms with van der Waals surface area (Å²) in [5.74, 6) is 0. The third kappa shape index (κ3) is 5.03. The molecule has 0 radical (unpaired) electrons. The van der Waals surface area contributed by atoms with Gasteiger partial charge in [-0.05, 0) is 40.4 Å². The van der Waals surface area contributed by atoms with Gasteiger partial charge in [0.1, 0.15) is 0 Å². The second-order valence-corrected chi connectivity index (χ2v) is 6.47. The minimum absolute atomic E-state index is 0.715. The summed E-state index contributed by atoms with van der Waals surface area (Å²) in [6, 6.07) is 0.715. The maximum Gasteiger partial charge on any atom is 0.0113 e. The number of nitrogens with zero attached hydrogens (tertiary/aromatic N) is 4. The van der Waals surface area contributed by atoms with E-state index in [1.807, 2.05) is 0 Å². The Morgan fingerprint density at radius 2 is 1.21 bits per heavy atom. The van der Waals surface area contributed by atoms with Crippen LogP contribution in [0, 0.1) is 0 Å². The Hall–Kier alpha value is -0.160. The molecule has 2 aliphatic rings. The lowest BCUT2D eigenvalue weighted by Crippen LogP contribution is -2.49. The van der Waals surface area contributed by atoms with E-state index in [0.29, 0.717) is 6.04 Å². The highest BCUT2D eigenvalue weighted by atomic mass is 15.3. The summed E-state index contributed by atoms with van der Waals surface area (Å²) >= 11 is 0. The Morgan fingerprint density at radius 1 is 0.737 bits per heavy atom. The Bertz CT molecular complexity index is 241. The SMILES string of the molecule is CC(C)N1CCN(CCCN2CCN(C)CC2)CC1. The van der Waals surface area contributed by atoms with E-state index >= 15 is 0 Å². The first-order chi connectivity index (χ1) is 9.15. The predicted molar refractivity (Wildman–Crippen MR) is 81.7 cm³/mol. The molecule has 4 heteroatoms. The molecular weight excluding hydrogens is 236 g/mol. The van der Waals surface area contributed by atoms with Crippen molar-refractivity contribution in [2.75, 3.05) is 72.5 Å². The second-order valence-electron chi connectivity index (χ2n) is 6.47. The molecule has 0 spiro atoms. The third-order valence-electron chi connectivity index (χ3n) is 4.68. The van der Waals surface area contributed by atoms with Gasteiger partial charge in [-0.1, -0.05) is 0 Å². The molecule has 0 saturated carbocycles. The summed E-state index contributed by atoms with van der Waals surface area (Å²) in [6.45, 7) is 17.2. The molecule has 2 rings (SSSR count). The zero-order valence-corrected chi connectivity index (χ0v) is 13.1. The zero-order chi connectivity index (χ0) is 13.7. The van der Waals surface area contributed by atoms with Crippen LogP contribution in [-0.4, -0.2) is 98.1 Å². The van der Waals surface area contributed by atoms with Gasteiger partial charge in [0.2, 0.25) is 0 Å². The summed E-state index contributed by atoms with van der Waals surface area (Å²) in [5.41, 5.74) is 0. The normalized spacial score (nSPS) is 25.3. The van der Waals surface area contributed by atoms with E-state index < -0.39 is 0 Å². The van der Waals surface area contributed by atoms with Crippen LogP contribution in [0.15, 0.2) is 0 Å². The Kier molecular flexibility index (Phi) is 6.07.